The van der Waals surface area contributed by atoms with E-state index in [1.807, 2.05) is 13.0 Å². The van der Waals surface area contributed by atoms with Crippen LogP contribution in [0.15, 0.2) is 30.3 Å². The fourth-order valence-corrected chi connectivity index (χ4v) is 2.01. The second kappa shape index (κ2) is 6.43. The molecule has 6 nitrogen and oxygen atoms in total. The van der Waals surface area contributed by atoms with Crippen LogP contribution < -0.4 is 21.3 Å². The quantitative estimate of drug-likeness (QED) is 0.459. The number of nitrogens with one attached hydrogen (secondary N) is 2. The Hall–Kier alpha value is -2.31. The molecule has 1 heterocycles. The Bertz CT molecular complexity index is 676. The molecule has 0 saturated heterocycles. The molecule has 2 aromatic rings. The number of nitrogens with zero attached hydrogens (tertiary/aromatic N) is 1. The Morgan fingerprint density at radius 2 is 2.10 bits per heavy atom. The molecule has 0 saturated carbocycles. The van der Waals surface area contributed by atoms with Crippen molar-refractivity contribution in [2.75, 3.05) is 17.9 Å². The summed E-state index contributed by atoms with van der Waals surface area (Å²) in [5.41, 5.74) is 4.30. The Labute approximate surface area is 127 Å². The smallest absolute Gasteiger partial charge is 0.255 e. The van der Waals surface area contributed by atoms with Gasteiger partial charge in [-0.05, 0) is 42.8 Å². The van der Waals surface area contributed by atoms with Gasteiger partial charge in [0.05, 0.1) is 7.11 Å². The number of halogens is 1. The molecule has 110 valence electrons. The summed E-state index contributed by atoms with van der Waals surface area (Å²) < 4.78 is 5.13. The number of carbonyl (C=O) groups excluding carboxylic acids is 1. The average molecular weight is 307 g/mol. The second-order valence-corrected chi connectivity index (χ2v) is 4.73. The zero-order valence-electron chi connectivity index (χ0n) is 11.6. The average Bonchev–Trinajstić information content (AvgIpc) is 2.48. The van der Waals surface area contributed by atoms with Crippen molar-refractivity contribution in [3.8, 4) is 5.75 Å². The Kier molecular flexibility index (Phi) is 4.62. The van der Waals surface area contributed by atoms with Crippen molar-refractivity contribution in [2.45, 2.75) is 6.92 Å². The molecule has 0 atom stereocenters. The number of methoxy groups -OCH3 is 1. The zero-order chi connectivity index (χ0) is 15.4. The number of nitrogen functional groups attached to an aromatic ring is 1. The number of ether oxygens (including phenoxy) is 1. The van der Waals surface area contributed by atoms with Crippen molar-refractivity contribution in [3.63, 3.8) is 0 Å². The van der Waals surface area contributed by atoms with Gasteiger partial charge in [0.1, 0.15) is 16.7 Å². The number of rotatable bonds is 4. The maximum Gasteiger partial charge on any atom is 0.255 e. The third-order valence-corrected chi connectivity index (χ3v) is 3.08. The summed E-state index contributed by atoms with van der Waals surface area (Å²) in [6, 6.07) is 8.37. The first-order valence-electron chi connectivity index (χ1n) is 6.13. The first-order valence-corrected chi connectivity index (χ1v) is 6.51. The lowest BCUT2D eigenvalue weighted by Crippen LogP contribution is -2.15. The predicted octanol–water partition coefficient (Wildman–Crippen LogP) is 2.59. The summed E-state index contributed by atoms with van der Waals surface area (Å²) in [5.74, 6) is 6.03. The third-order valence-electron chi connectivity index (χ3n) is 2.89. The summed E-state index contributed by atoms with van der Waals surface area (Å²) in [5, 5.41) is 2.99. The summed E-state index contributed by atoms with van der Waals surface area (Å²) in [6.45, 7) is 1.88. The standard InChI is InChI=1S/C14H15ClN4O2/c1-8-5-10(21-2)3-4-11(8)17-14(20)9-6-12(15)18-13(7-9)19-16/h3-7H,16H2,1-2H3,(H,17,20)(H,18,19). The molecule has 1 amide bonds. The minimum atomic E-state index is -0.302. The number of hydrogen-bond acceptors (Lipinski definition) is 5. The van der Waals surface area contributed by atoms with Gasteiger partial charge in [0.2, 0.25) is 0 Å². The topological polar surface area (TPSA) is 89.3 Å². The summed E-state index contributed by atoms with van der Waals surface area (Å²) in [7, 11) is 1.59. The van der Waals surface area contributed by atoms with Crippen LogP contribution in [0.1, 0.15) is 15.9 Å². The fourth-order valence-electron chi connectivity index (χ4n) is 1.80. The van der Waals surface area contributed by atoms with Crippen molar-refractivity contribution in [3.05, 3.63) is 46.6 Å². The first-order chi connectivity index (χ1) is 10.0. The summed E-state index contributed by atoms with van der Waals surface area (Å²) >= 11 is 5.84. The molecule has 0 aliphatic heterocycles. The van der Waals surface area contributed by atoms with E-state index in [1.165, 1.54) is 12.1 Å². The molecule has 4 N–H and O–H groups in total. The Morgan fingerprint density at radius 3 is 2.71 bits per heavy atom. The van der Waals surface area contributed by atoms with E-state index in [-0.39, 0.29) is 11.1 Å². The van der Waals surface area contributed by atoms with Crippen LogP contribution in [0.25, 0.3) is 0 Å². The molecule has 0 spiro atoms. The molecule has 0 aliphatic carbocycles. The van der Waals surface area contributed by atoms with Gasteiger partial charge >= 0.3 is 0 Å². The van der Waals surface area contributed by atoms with E-state index >= 15 is 0 Å². The summed E-state index contributed by atoms with van der Waals surface area (Å²) in [6.07, 6.45) is 0. The fraction of sp³-hybridized carbons (Fsp3) is 0.143. The van der Waals surface area contributed by atoms with Crippen LogP contribution in [0.3, 0.4) is 0 Å². The number of carbonyl (C=O) groups is 1. The van der Waals surface area contributed by atoms with Crippen molar-refractivity contribution in [1.82, 2.24) is 4.98 Å². The minimum absolute atomic E-state index is 0.182. The van der Waals surface area contributed by atoms with E-state index in [9.17, 15) is 4.79 Å². The van der Waals surface area contributed by atoms with Crippen LogP contribution in [0.2, 0.25) is 5.15 Å². The maximum absolute atomic E-state index is 12.2. The highest BCUT2D eigenvalue weighted by molar-refractivity contribution is 6.30. The van der Waals surface area contributed by atoms with Crippen LogP contribution >= 0.6 is 11.6 Å². The van der Waals surface area contributed by atoms with E-state index in [4.69, 9.17) is 22.2 Å². The van der Waals surface area contributed by atoms with Gasteiger partial charge in [-0.25, -0.2) is 10.8 Å². The Balaban J connectivity index is 2.23. The van der Waals surface area contributed by atoms with Gasteiger partial charge in [0.25, 0.3) is 5.91 Å². The number of aryl methyl sites for hydroxylation is 1. The highest BCUT2D eigenvalue weighted by Crippen LogP contribution is 2.22. The van der Waals surface area contributed by atoms with Gasteiger partial charge in [-0.3, -0.25) is 4.79 Å². The molecular weight excluding hydrogens is 292 g/mol. The lowest BCUT2D eigenvalue weighted by atomic mass is 10.1. The molecule has 0 aliphatic rings. The van der Waals surface area contributed by atoms with E-state index in [0.29, 0.717) is 17.1 Å². The van der Waals surface area contributed by atoms with Crippen LogP contribution in [-0.2, 0) is 0 Å². The summed E-state index contributed by atoms with van der Waals surface area (Å²) in [4.78, 5) is 16.2. The Morgan fingerprint density at radius 1 is 1.33 bits per heavy atom. The van der Waals surface area contributed by atoms with Gasteiger partial charge in [-0.2, -0.15) is 0 Å². The molecule has 0 radical (unpaired) electrons. The van der Waals surface area contributed by atoms with E-state index < -0.39 is 0 Å². The largest absolute Gasteiger partial charge is 0.497 e. The van der Waals surface area contributed by atoms with Crippen molar-refractivity contribution >= 4 is 29.0 Å². The number of hydrazine groups is 1. The molecule has 21 heavy (non-hydrogen) atoms. The normalized spacial score (nSPS) is 10.1. The second-order valence-electron chi connectivity index (χ2n) is 4.34. The first kappa shape index (κ1) is 15.1. The number of pyridine rings is 1. The van der Waals surface area contributed by atoms with E-state index in [1.54, 1.807) is 19.2 Å². The molecular formula is C14H15ClN4O2. The number of benzene rings is 1. The number of nitrogens with two attached hydrogens (primary N) is 1. The minimum Gasteiger partial charge on any atom is -0.497 e. The predicted molar refractivity (Wildman–Crippen MR) is 82.7 cm³/mol. The lowest BCUT2D eigenvalue weighted by Gasteiger charge is -2.10. The lowest BCUT2D eigenvalue weighted by molar-refractivity contribution is 0.102. The highest BCUT2D eigenvalue weighted by Gasteiger charge is 2.11. The molecule has 1 aromatic heterocycles. The zero-order valence-corrected chi connectivity index (χ0v) is 12.4. The van der Waals surface area contributed by atoms with Crippen molar-refractivity contribution in [2.24, 2.45) is 5.84 Å². The highest BCUT2D eigenvalue weighted by atomic mass is 35.5. The molecule has 7 heteroatoms. The van der Waals surface area contributed by atoms with E-state index in [0.717, 1.165) is 11.3 Å². The van der Waals surface area contributed by atoms with E-state index in [2.05, 4.69) is 15.7 Å². The van der Waals surface area contributed by atoms with Gasteiger partial charge in [-0.15, -0.1) is 0 Å². The van der Waals surface area contributed by atoms with Crippen molar-refractivity contribution in [1.29, 1.82) is 0 Å². The van der Waals surface area contributed by atoms with Crippen LogP contribution in [0.5, 0.6) is 5.75 Å². The van der Waals surface area contributed by atoms with Crippen LogP contribution in [-0.4, -0.2) is 18.0 Å². The molecule has 1 aromatic carbocycles. The van der Waals surface area contributed by atoms with Crippen LogP contribution in [0.4, 0.5) is 11.5 Å². The molecule has 0 unspecified atom stereocenters. The molecule has 2 rings (SSSR count). The monoisotopic (exact) mass is 306 g/mol. The number of anilines is 2. The number of aromatic nitrogens is 1. The maximum atomic E-state index is 12.2. The van der Waals surface area contributed by atoms with Crippen LogP contribution in [0, 0.1) is 6.92 Å². The SMILES string of the molecule is COc1ccc(NC(=O)c2cc(Cl)nc(NN)c2)c(C)c1. The van der Waals surface area contributed by atoms with Gasteiger partial charge in [0.15, 0.2) is 0 Å². The van der Waals surface area contributed by atoms with Gasteiger partial charge in [0, 0.05) is 11.3 Å². The molecule has 0 fully saturated rings. The van der Waals surface area contributed by atoms with Gasteiger partial charge in [-0.1, -0.05) is 11.6 Å². The molecule has 0 bridgehead atoms. The number of amides is 1. The van der Waals surface area contributed by atoms with Gasteiger partial charge < -0.3 is 15.5 Å². The van der Waals surface area contributed by atoms with Crippen molar-refractivity contribution < 1.29 is 9.53 Å². The third kappa shape index (κ3) is 3.62. The number of hydrogen-bond donors (Lipinski definition) is 3.